The number of aliphatic carboxylic acids is 2. The van der Waals surface area contributed by atoms with E-state index in [4.69, 9.17) is 20.4 Å². The molecule has 1 amide bonds. The van der Waals surface area contributed by atoms with Crippen molar-refractivity contribution in [2.24, 2.45) is 0 Å². The Morgan fingerprint density at radius 1 is 0.632 bits per heavy atom. The van der Waals surface area contributed by atoms with Gasteiger partial charge in [0.15, 0.2) is 12.2 Å². The maximum absolute atomic E-state index is 12.0. The molecule has 0 aromatic rings. The van der Waals surface area contributed by atoms with Gasteiger partial charge < -0.3 is 36.0 Å². The van der Waals surface area contributed by atoms with E-state index in [0.717, 1.165) is 12.8 Å². The highest BCUT2D eigenvalue weighted by Crippen LogP contribution is 2.13. The molecule has 0 fully saturated rings. The molecule has 0 aliphatic heterocycles. The van der Waals surface area contributed by atoms with Gasteiger partial charge in [0.25, 0.3) is 0 Å². The quantitative estimate of drug-likeness (QED) is 0.0694. The zero-order valence-corrected chi connectivity index (χ0v) is 23.5. The highest BCUT2D eigenvalue weighted by Gasteiger charge is 2.29. The number of unbranched alkanes of at least 4 members (excludes halogenated alkanes) is 14. The standard InChI is InChI=1S/C23H48N2O3.C4H6O6/c1-3-5-6-7-8-9-10-11-12-13-14-15-16-17-18-19-23(28)24-22(4-2)25(20-26)21-27;5-1(3(7)8)2(6)4(9)10/h22,26-27H,3-21H2,1-2H3,(H,24,28);1-2,5-6H,(H,7,8)(H,9,10). The first-order valence-electron chi connectivity index (χ1n) is 14.2. The van der Waals surface area contributed by atoms with Gasteiger partial charge >= 0.3 is 11.9 Å². The summed E-state index contributed by atoms with van der Waals surface area (Å²) in [5, 5.41) is 53.8. The van der Waals surface area contributed by atoms with Gasteiger partial charge in [0, 0.05) is 6.42 Å². The van der Waals surface area contributed by atoms with E-state index >= 15 is 0 Å². The lowest BCUT2D eigenvalue weighted by atomic mass is 10.0. The topological polar surface area (TPSA) is 188 Å². The number of nitrogens with zero attached hydrogens (tertiary/aromatic N) is 1. The fraction of sp³-hybridized carbons (Fsp3) is 0.889. The summed E-state index contributed by atoms with van der Waals surface area (Å²) in [5.74, 6) is -3.53. The molecule has 11 nitrogen and oxygen atoms in total. The molecule has 38 heavy (non-hydrogen) atoms. The molecule has 0 aliphatic rings. The minimum absolute atomic E-state index is 0.00782. The molecule has 0 bridgehead atoms. The zero-order chi connectivity index (χ0) is 29.2. The van der Waals surface area contributed by atoms with E-state index in [1.165, 1.54) is 88.4 Å². The normalized spacial score (nSPS) is 13.3. The van der Waals surface area contributed by atoms with Gasteiger partial charge in [-0.05, 0) is 12.8 Å². The van der Waals surface area contributed by atoms with Crippen molar-refractivity contribution in [2.45, 2.75) is 141 Å². The van der Waals surface area contributed by atoms with Gasteiger partial charge in [-0.1, -0.05) is 104 Å². The van der Waals surface area contributed by atoms with E-state index in [-0.39, 0.29) is 25.5 Å². The van der Waals surface area contributed by atoms with E-state index in [0.29, 0.717) is 12.8 Å². The summed E-state index contributed by atoms with van der Waals surface area (Å²) in [7, 11) is 0. The second-order valence-electron chi connectivity index (χ2n) is 9.63. The lowest BCUT2D eigenvalue weighted by Crippen LogP contribution is -2.48. The Kier molecular flexibility index (Phi) is 27.1. The third kappa shape index (κ3) is 22.2. The number of hydrogen-bond donors (Lipinski definition) is 7. The van der Waals surface area contributed by atoms with Crippen LogP contribution >= 0.6 is 0 Å². The smallest absolute Gasteiger partial charge is 0.335 e. The molecule has 0 aromatic carbocycles. The van der Waals surface area contributed by atoms with Crippen molar-refractivity contribution >= 4 is 17.8 Å². The van der Waals surface area contributed by atoms with Gasteiger partial charge in [-0.25, -0.2) is 14.5 Å². The van der Waals surface area contributed by atoms with Gasteiger partial charge in [-0.3, -0.25) is 4.79 Å². The number of amides is 1. The molecule has 3 unspecified atom stereocenters. The van der Waals surface area contributed by atoms with E-state index in [1.807, 2.05) is 6.92 Å². The Balaban J connectivity index is 0. The van der Waals surface area contributed by atoms with Crippen LogP contribution in [0.15, 0.2) is 0 Å². The zero-order valence-electron chi connectivity index (χ0n) is 23.5. The fourth-order valence-corrected chi connectivity index (χ4v) is 3.88. The van der Waals surface area contributed by atoms with Crippen LogP contribution in [0.3, 0.4) is 0 Å². The van der Waals surface area contributed by atoms with Gasteiger partial charge in [0.1, 0.15) is 0 Å². The summed E-state index contributed by atoms with van der Waals surface area (Å²) < 4.78 is 0. The minimum atomic E-state index is -2.27. The molecule has 0 saturated heterocycles. The van der Waals surface area contributed by atoms with Gasteiger partial charge in [-0.2, -0.15) is 0 Å². The average Bonchev–Trinajstić information content (AvgIpc) is 2.90. The number of rotatable bonds is 24. The SMILES string of the molecule is CCCCCCCCCCCCCCCCCC(=O)NC(CC)N(CO)CO.O=C(O)C(O)C(O)C(=O)O. The van der Waals surface area contributed by atoms with Crippen LogP contribution in [0.1, 0.15) is 123 Å². The van der Waals surface area contributed by atoms with Crippen LogP contribution in [0.5, 0.6) is 0 Å². The number of carbonyl (C=O) groups is 3. The van der Waals surface area contributed by atoms with Crippen LogP contribution < -0.4 is 5.32 Å². The lowest BCUT2D eigenvalue weighted by molar-refractivity contribution is -0.165. The van der Waals surface area contributed by atoms with Crippen molar-refractivity contribution in [3.8, 4) is 0 Å². The molecular weight excluding hydrogens is 496 g/mol. The third-order valence-corrected chi connectivity index (χ3v) is 6.33. The molecule has 0 heterocycles. The van der Waals surface area contributed by atoms with Crippen LogP contribution in [-0.2, 0) is 14.4 Å². The Labute approximate surface area is 228 Å². The molecule has 0 rings (SSSR count). The first-order chi connectivity index (χ1) is 18.2. The highest BCUT2D eigenvalue weighted by atomic mass is 16.4. The number of carbonyl (C=O) groups excluding carboxylic acids is 1. The number of aliphatic hydroxyl groups is 4. The average molecular weight is 551 g/mol. The molecule has 0 spiro atoms. The maximum atomic E-state index is 12.0. The number of nitrogens with one attached hydrogen (secondary N) is 1. The summed E-state index contributed by atoms with van der Waals surface area (Å²) in [5.41, 5.74) is 0. The van der Waals surface area contributed by atoms with Crippen molar-refractivity contribution in [3.05, 3.63) is 0 Å². The Morgan fingerprint density at radius 2 is 0.974 bits per heavy atom. The summed E-state index contributed by atoms with van der Waals surface area (Å²) >= 11 is 0. The Hall–Kier alpha value is -1.79. The maximum Gasteiger partial charge on any atom is 0.335 e. The van der Waals surface area contributed by atoms with Crippen LogP contribution in [-0.4, -0.2) is 85.2 Å². The van der Waals surface area contributed by atoms with Crippen LogP contribution in [0.4, 0.5) is 0 Å². The summed E-state index contributed by atoms with van der Waals surface area (Å²) in [6.45, 7) is 3.69. The monoisotopic (exact) mass is 550 g/mol. The van der Waals surface area contributed by atoms with E-state index in [2.05, 4.69) is 12.2 Å². The number of carboxylic acid groups (broad SMARTS) is 2. The molecular formula is C27H54N2O9. The van der Waals surface area contributed by atoms with Crippen LogP contribution in [0.2, 0.25) is 0 Å². The lowest BCUT2D eigenvalue weighted by Gasteiger charge is -2.27. The van der Waals surface area contributed by atoms with Crippen LogP contribution in [0.25, 0.3) is 0 Å². The van der Waals surface area contributed by atoms with Crippen molar-refractivity contribution in [3.63, 3.8) is 0 Å². The van der Waals surface area contributed by atoms with Crippen molar-refractivity contribution < 1.29 is 45.0 Å². The van der Waals surface area contributed by atoms with E-state index < -0.39 is 24.1 Å². The van der Waals surface area contributed by atoms with E-state index in [9.17, 15) is 24.6 Å². The minimum Gasteiger partial charge on any atom is -0.479 e. The number of aliphatic hydroxyl groups excluding tert-OH is 4. The molecule has 7 N–H and O–H groups in total. The molecule has 3 atom stereocenters. The number of carboxylic acids is 2. The van der Waals surface area contributed by atoms with E-state index in [1.54, 1.807) is 0 Å². The molecule has 11 heteroatoms. The van der Waals surface area contributed by atoms with Crippen LogP contribution in [0, 0.1) is 0 Å². The van der Waals surface area contributed by atoms with Crippen molar-refractivity contribution in [1.29, 1.82) is 0 Å². The second-order valence-corrected chi connectivity index (χ2v) is 9.63. The van der Waals surface area contributed by atoms with Crippen molar-refractivity contribution in [1.82, 2.24) is 10.2 Å². The largest absolute Gasteiger partial charge is 0.479 e. The van der Waals surface area contributed by atoms with Crippen molar-refractivity contribution in [2.75, 3.05) is 13.5 Å². The first kappa shape index (κ1) is 38.4. The molecule has 0 aliphatic carbocycles. The summed E-state index contributed by atoms with van der Waals surface area (Å²) in [6.07, 6.45) is 16.1. The van der Waals surface area contributed by atoms with Gasteiger partial charge in [0.05, 0.1) is 19.6 Å². The first-order valence-corrected chi connectivity index (χ1v) is 14.2. The van der Waals surface area contributed by atoms with Gasteiger partial charge in [0.2, 0.25) is 5.91 Å². The second kappa shape index (κ2) is 26.8. The van der Waals surface area contributed by atoms with Gasteiger partial charge in [-0.15, -0.1) is 0 Å². The third-order valence-electron chi connectivity index (χ3n) is 6.33. The molecule has 0 saturated carbocycles. The summed E-state index contributed by atoms with van der Waals surface area (Å²) in [4.78, 5) is 33.0. The molecule has 226 valence electrons. The predicted molar refractivity (Wildman–Crippen MR) is 145 cm³/mol. The highest BCUT2D eigenvalue weighted by molar-refractivity contribution is 5.83. The predicted octanol–water partition coefficient (Wildman–Crippen LogP) is 3.18. The number of hydrogen-bond acceptors (Lipinski definition) is 8. The Bertz CT molecular complexity index is 571. The molecule has 0 aromatic heterocycles. The summed E-state index contributed by atoms with van der Waals surface area (Å²) in [6, 6.07) is 0. The Morgan fingerprint density at radius 3 is 1.26 bits per heavy atom. The fourth-order valence-electron chi connectivity index (χ4n) is 3.88. The molecule has 0 radical (unpaired) electrons.